The third kappa shape index (κ3) is 5.81. The molecule has 1 fully saturated rings. The summed E-state index contributed by atoms with van der Waals surface area (Å²) < 4.78 is 18.1. The Hall–Kier alpha value is -0.590. The van der Waals surface area contributed by atoms with Crippen molar-refractivity contribution in [3.63, 3.8) is 0 Å². The number of hydrogen-bond acceptors (Lipinski definition) is 3. The van der Waals surface area contributed by atoms with Crippen LogP contribution in [0.5, 0.6) is 5.75 Å². The largest absolute Gasteiger partial charge is 0.490 e. The molecule has 0 spiro atoms. The summed E-state index contributed by atoms with van der Waals surface area (Å²) in [6.07, 6.45) is 5.39. The lowest BCUT2D eigenvalue weighted by atomic mass is 10.2. The van der Waals surface area contributed by atoms with Crippen LogP contribution in [0.15, 0.2) is 35.9 Å². The van der Waals surface area contributed by atoms with Crippen molar-refractivity contribution >= 4 is 22.6 Å². The maximum absolute atomic E-state index is 5.72. The molecule has 1 unspecified atom stereocenters. The van der Waals surface area contributed by atoms with Gasteiger partial charge in [-0.2, -0.15) is 0 Å². The SMILES string of the molecule is C/C(=C/COc1ccc(I)cc1)COC1CCCCO1. The molecule has 0 bridgehead atoms. The molecular formula is C16H21IO3. The molecule has 0 radical (unpaired) electrons. The number of halogens is 1. The Labute approximate surface area is 134 Å². The van der Waals surface area contributed by atoms with E-state index in [1.807, 2.05) is 24.3 Å². The van der Waals surface area contributed by atoms with E-state index in [9.17, 15) is 0 Å². The first-order valence-corrected chi connectivity index (χ1v) is 8.09. The van der Waals surface area contributed by atoms with Gasteiger partial charge in [-0.3, -0.25) is 0 Å². The van der Waals surface area contributed by atoms with Gasteiger partial charge in [0.05, 0.1) is 6.61 Å². The molecule has 1 aliphatic rings. The van der Waals surface area contributed by atoms with Crippen molar-refractivity contribution in [2.24, 2.45) is 0 Å². The van der Waals surface area contributed by atoms with Crippen LogP contribution in [0.25, 0.3) is 0 Å². The van der Waals surface area contributed by atoms with E-state index < -0.39 is 0 Å². The van der Waals surface area contributed by atoms with E-state index in [4.69, 9.17) is 14.2 Å². The Morgan fingerprint density at radius 3 is 2.85 bits per heavy atom. The predicted molar refractivity (Wildman–Crippen MR) is 88.0 cm³/mol. The first-order valence-electron chi connectivity index (χ1n) is 7.01. The number of ether oxygens (including phenoxy) is 3. The number of benzene rings is 1. The minimum Gasteiger partial charge on any atom is -0.490 e. The highest BCUT2D eigenvalue weighted by atomic mass is 127. The molecule has 0 saturated carbocycles. The number of rotatable bonds is 6. The fourth-order valence-electron chi connectivity index (χ4n) is 1.94. The van der Waals surface area contributed by atoms with Crippen molar-refractivity contribution in [2.75, 3.05) is 19.8 Å². The van der Waals surface area contributed by atoms with Gasteiger partial charge in [0.1, 0.15) is 12.4 Å². The van der Waals surface area contributed by atoms with E-state index in [1.54, 1.807) is 0 Å². The molecule has 3 nitrogen and oxygen atoms in total. The van der Waals surface area contributed by atoms with Crippen LogP contribution < -0.4 is 4.74 Å². The van der Waals surface area contributed by atoms with E-state index >= 15 is 0 Å². The standard InChI is InChI=1S/C16H21IO3/c1-13(12-20-16-4-2-3-10-19-16)9-11-18-15-7-5-14(17)6-8-15/h5-9,16H,2-4,10-12H2,1H3/b13-9-. The van der Waals surface area contributed by atoms with Crippen molar-refractivity contribution in [3.05, 3.63) is 39.5 Å². The van der Waals surface area contributed by atoms with Gasteiger partial charge < -0.3 is 14.2 Å². The molecule has 1 aliphatic heterocycles. The molecule has 20 heavy (non-hydrogen) atoms. The van der Waals surface area contributed by atoms with E-state index in [0.29, 0.717) is 13.2 Å². The van der Waals surface area contributed by atoms with Crippen LogP contribution in [-0.4, -0.2) is 26.1 Å². The molecule has 0 amide bonds. The van der Waals surface area contributed by atoms with Gasteiger partial charge >= 0.3 is 0 Å². The Morgan fingerprint density at radius 1 is 1.35 bits per heavy atom. The third-order valence-electron chi connectivity index (χ3n) is 3.13. The van der Waals surface area contributed by atoms with Gasteiger partial charge in [-0.05, 0) is 84.7 Å². The van der Waals surface area contributed by atoms with Crippen LogP contribution in [0.2, 0.25) is 0 Å². The Bertz CT molecular complexity index is 422. The predicted octanol–water partition coefficient (Wildman–Crippen LogP) is 4.16. The van der Waals surface area contributed by atoms with Crippen LogP contribution in [0.1, 0.15) is 26.2 Å². The molecule has 1 saturated heterocycles. The first-order chi connectivity index (χ1) is 9.74. The smallest absolute Gasteiger partial charge is 0.158 e. The van der Waals surface area contributed by atoms with Gasteiger partial charge in [-0.25, -0.2) is 0 Å². The summed E-state index contributed by atoms with van der Waals surface area (Å²) >= 11 is 2.28. The quantitative estimate of drug-likeness (QED) is 0.541. The summed E-state index contributed by atoms with van der Waals surface area (Å²) in [4.78, 5) is 0. The molecule has 1 atom stereocenters. The second kappa shape index (κ2) is 8.64. The highest BCUT2D eigenvalue weighted by Gasteiger charge is 2.13. The zero-order chi connectivity index (χ0) is 14.2. The molecule has 1 heterocycles. The summed E-state index contributed by atoms with van der Waals surface area (Å²) in [5.41, 5.74) is 1.17. The summed E-state index contributed by atoms with van der Waals surface area (Å²) in [6, 6.07) is 8.04. The summed E-state index contributed by atoms with van der Waals surface area (Å²) in [5.74, 6) is 0.894. The summed E-state index contributed by atoms with van der Waals surface area (Å²) in [7, 11) is 0. The maximum Gasteiger partial charge on any atom is 0.158 e. The normalized spacial score (nSPS) is 19.9. The second-order valence-electron chi connectivity index (χ2n) is 4.92. The molecule has 0 N–H and O–H groups in total. The lowest BCUT2D eigenvalue weighted by Gasteiger charge is -2.22. The third-order valence-corrected chi connectivity index (χ3v) is 3.85. The lowest BCUT2D eigenvalue weighted by Crippen LogP contribution is -2.22. The van der Waals surface area contributed by atoms with Crippen LogP contribution >= 0.6 is 22.6 Å². The topological polar surface area (TPSA) is 27.7 Å². The lowest BCUT2D eigenvalue weighted by molar-refractivity contribution is -0.156. The zero-order valence-electron chi connectivity index (χ0n) is 11.8. The van der Waals surface area contributed by atoms with Gasteiger partial charge in [0.15, 0.2) is 6.29 Å². The molecule has 2 rings (SSSR count). The van der Waals surface area contributed by atoms with Crippen molar-refractivity contribution in [3.8, 4) is 5.75 Å². The minimum atomic E-state index is -0.0239. The van der Waals surface area contributed by atoms with E-state index in [-0.39, 0.29) is 6.29 Å². The van der Waals surface area contributed by atoms with Crippen LogP contribution in [-0.2, 0) is 9.47 Å². The first kappa shape index (κ1) is 15.8. The van der Waals surface area contributed by atoms with Crippen molar-refractivity contribution in [2.45, 2.75) is 32.5 Å². The monoisotopic (exact) mass is 388 g/mol. The Balaban J connectivity index is 1.66. The average molecular weight is 388 g/mol. The van der Waals surface area contributed by atoms with Crippen molar-refractivity contribution < 1.29 is 14.2 Å². The molecule has 0 aliphatic carbocycles. The summed E-state index contributed by atoms with van der Waals surface area (Å²) in [5, 5.41) is 0. The molecule has 4 heteroatoms. The van der Waals surface area contributed by atoms with E-state index in [0.717, 1.165) is 25.2 Å². The summed E-state index contributed by atoms with van der Waals surface area (Å²) in [6.45, 7) is 4.06. The fourth-order valence-corrected chi connectivity index (χ4v) is 2.30. The molecule has 1 aromatic carbocycles. The minimum absolute atomic E-state index is 0.0239. The fraction of sp³-hybridized carbons (Fsp3) is 0.500. The molecule has 110 valence electrons. The van der Waals surface area contributed by atoms with Gasteiger partial charge in [0.2, 0.25) is 0 Å². The zero-order valence-corrected chi connectivity index (χ0v) is 14.0. The Kier molecular flexibility index (Phi) is 6.82. The molecule has 0 aromatic heterocycles. The van der Waals surface area contributed by atoms with Gasteiger partial charge in [0, 0.05) is 10.2 Å². The van der Waals surface area contributed by atoms with Crippen molar-refractivity contribution in [1.82, 2.24) is 0 Å². The van der Waals surface area contributed by atoms with E-state index in [1.165, 1.54) is 15.6 Å². The highest BCUT2D eigenvalue weighted by molar-refractivity contribution is 14.1. The highest BCUT2D eigenvalue weighted by Crippen LogP contribution is 2.15. The van der Waals surface area contributed by atoms with Crippen LogP contribution in [0.3, 0.4) is 0 Å². The Morgan fingerprint density at radius 2 is 2.15 bits per heavy atom. The maximum atomic E-state index is 5.72. The average Bonchev–Trinajstić information content (AvgIpc) is 2.48. The van der Waals surface area contributed by atoms with Crippen molar-refractivity contribution in [1.29, 1.82) is 0 Å². The second-order valence-corrected chi connectivity index (χ2v) is 6.17. The molecule has 1 aromatic rings. The van der Waals surface area contributed by atoms with Crippen LogP contribution in [0, 0.1) is 3.57 Å². The number of hydrogen-bond donors (Lipinski definition) is 0. The van der Waals surface area contributed by atoms with Gasteiger partial charge in [-0.15, -0.1) is 0 Å². The van der Waals surface area contributed by atoms with Gasteiger partial charge in [0.25, 0.3) is 0 Å². The van der Waals surface area contributed by atoms with Crippen LogP contribution in [0.4, 0.5) is 0 Å². The molecular weight excluding hydrogens is 367 g/mol. The van der Waals surface area contributed by atoms with E-state index in [2.05, 4.69) is 35.6 Å². The van der Waals surface area contributed by atoms with Gasteiger partial charge in [-0.1, -0.05) is 0 Å².